The molecule has 0 amide bonds. The summed E-state index contributed by atoms with van der Waals surface area (Å²) in [5.74, 6) is -0.754. The van der Waals surface area contributed by atoms with Gasteiger partial charge in [0.1, 0.15) is 0 Å². The maximum absolute atomic E-state index is 10.4. The van der Waals surface area contributed by atoms with Gasteiger partial charge in [0.15, 0.2) is 0 Å². The molecule has 146 valence electrons. The Labute approximate surface area is 150 Å². The summed E-state index contributed by atoms with van der Waals surface area (Å²) in [7, 11) is 0. The lowest BCUT2D eigenvalue weighted by Gasteiger charge is -2.15. The molecule has 0 aliphatic carbocycles. The van der Waals surface area contributed by atoms with Crippen LogP contribution in [0.15, 0.2) is 0 Å². The summed E-state index contributed by atoms with van der Waals surface area (Å²) in [6, 6.07) is 0. The number of carboxylic acid groups (broad SMARTS) is 1. The quantitative estimate of drug-likeness (QED) is 0.293. The molecule has 0 spiro atoms. The molecule has 3 unspecified atom stereocenters. The van der Waals surface area contributed by atoms with Crippen molar-refractivity contribution in [3.8, 4) is 0 Å². The highest BCUT2D eigenvalue weighted by Gasteiger charge is 2.12. The van der Waals surface area contributed by atoms with E-state index in [0.717, 1.165) is 38.5 Å². The molecule has 0 bridgehead atoms. The van der Waals surface area contributed by atoms with Crippen LogP contribution in [0.25, 0.3) is 0 Å². The number of aliphatic carboxylic acids is 1. The first-order valence-electron chi connectivity index (χ1n) is 9.97. The largest absolute Gasteiger partial charge is 0.481 e. The van der Waals surface area contributed by atoms with E-state index in [-0.39, 0.29) is 18.1 Å². The summed E-state index contributed by atoms with van der Waals surface area (Å²) in [6.07, 6.45) is 11.2. The summed E-state index contributed by atoms with van der Waals surface area (Å²) in [4.78, 5) is 21.0. The van der Waals surface area contributed by atoms with E-state index in [1.807, 2.05) is 6.92 Å². The van der Waals surface area contributed by atoms with Gasteiger partial charge in [-0.25, -0.2) is 9.78 Å². The molecule has 0 heterocycles. The molecular weight excluding hydrogens is 304 g/mol. The monoisotopic (exact) mass is 346 g/mol. The summed E-state index contributed by atoms with van der Waals surface area (Å²) in [5, 5.41) is 8.60. The van der Waals surface area contributed by atoms with E-state index in [9.17, 15) is 4.79 Å². The fraction of sp³-hybridized carbons (Fsp3) is 0.950. The van der Waals surface area contributed by atoms with Crippen LogP contribution in [0.1, 0.15) is 106 Å². The lowest BCUT2D eigenvalue weighted by atomic mass is 10.00. The van der Waals surface area contributed by atoms with Crippen LogP contribution in [0.5, 0.6) is 0 Å². The van der Waals surface area contributed by atoms with E-state index in [0.29, 0.717) is 0 Å². The van der Waals surface area contributed by atoms with Crippen molar-refractivity contribution in [2.75, 3.05) is 0 Å². The number of rotatable bonds is 14. The van der Waals surface area contributed by atoms with Gasteiger partial charge in [-0.1, -0.05) is 66.2 Å². The summed E-state index contributed by atoms with van der Waals surface area (Å²) in [5.41, 5.74) is 0. The summed E-state index contributed by atoms with van der Waals surface area (Å²) < 4.78 is 0. The smallest absolute Gasteiger partial charge is 0.306 e. The third kappa shape index (κ3) is 17.7. The Bertz CT molecular complexity index is 254. The average Bonchev–Trinajstić information content (AvgIpc) is 2.57. The molecule has 24 heavy (non-hydrogen) atoms. The van der Waals surface area contributed by atoms with E-state index in [1.54, 1.807) is 0 Å². The van der Waals surface area contributed by atoms with Crippen molar-refractivity contribution < 1.29 is 19.7 Å². The van der Waals surface area contributed by atoms with Crippen LogP contribution in [0.2, 0.25) is 0 Å². The first kappa shape index (κ1) is 25.6. The molecule has 0 saturated heterocycles. The topological polar surface area (TPSA) is 55.8 Å². The predicted octanol–water partition coefficient (Wildman–Crippen LogP) is 6.38. The van der Waals surface area contributed by atoms with Gasteiger partial charge >= 0.3 is 5.97 Å². The van der Waals surface area contributed by atoms with Crippen LogP contribution < -0.4 is 0 Å². The third-order valence-corrected chi connectivity index (χ3v) is 4.06. The highest BCUT2D eigenvalue weighted by Crippen LogP contribution is 2.12. The van der Waals surface area contributed by atoms with Crippen LogP contribution in [0, 0.1) is 5.92 Å². The van der Waals surface area contributed by atoms with Crippen LogP contribution >= 0.6 is 0 Å². The van der Waals surface area contributed by atoms with Crippen molar-refractivity contribution in [1.29, 1.82) is 0 Å². The van der Waals surface area contributed by atoms with Gasteiger partial charge in [0.05, 0.1) is 18.1 Å². The second-order valence-electron chi connectivity index (χ2n) is 6.68. The van der Waals surface area contributed by atoms with E-state index >= 15 is 0 Å². The lowest BCUT2D eigenvalue weighted by Crippen LogP contribution is -2.15. The maximum Gasteiger partial charge on any atom is 0.306 e. The lowest BCUT2D eigenvalue weighted by molar-refractivity contribution is -0.346. The number of carbonyl (C=O) groups is 1. The molecule has 4 nitrogen and oxygen atoms in total. The Morgan fingerprint density at radius 3 is 1.46 bits per heavy atom. The number of hydrogen-bond donors (Lipinski definition) is 1. The Morgan fingerprint density at radius 1 is 0.792 bits per heavy atom. The zero-order chi connectivity index (χ0) is 18.8. The van der Waals surface area contributed by atoms with Gasteiger partial charge in [0.2, 0.25) is 0 Å². The van der Waals surface area contributed by atoms with Gasteiger partial charge in [-0.2, -0.15) is 0 Å². The van der Waals surface area contributed by atoms with Gasteiger partial charge in [-0.15, -0.1) is 0 Å². The molecule has 0 aliphatic rings. The second-order valence-corrected chi connectivity index (χ2v) is 6.68. The van der Waals surface area contributed by atoms with Crippen molar-refractivity contribution in [2.45, 2.75) is 118 Å². The molecule has 1 N–H and O–H groups in total. The highest BCUT2D eigenvalue weighted by atomic mass is 17.2. The third-order valence-electron chi connectivity index (χ3n) is 4.06. The molecule has 0 aromatic carbocycles. The molecule has 0 aromatic rings. The number of unbranched alkanes of at least 4 members (excludes halogenated alkanes) is 3. The summed E-state index contributed by atoms with van der Waals surface area (Å²) in [6.45, 7) is 12.5. The van der Waals surface area contributed by atoms with E-state index < -0.39 is 5.97 Å². The van der Waals surface area contributed by atoms with Crippen molar-refractivity contribution in [1.82, 2.24) is 0 Å². The molecule has 0 radical (unpaired) electrons. The molecule has 4 heteroatoms. The van der Waals surface area contributed by atoms with Crippen molar-refractivity contribution in [3.05, 3.63) is 0 Å². The zero-order valence-corrected chi connectivity index (χ0v) is 17.0. The first-order chi connectivity index (χ1) is 11.4. The minimum Gasteiger partial charge on any atom is -0.481 e. The molecule has 0 saturated carbocycles. The van der Waals surface area contributed by atoms with Gasteiger partial charge in [0.25, 0.3) is 0 Å². The zero-order valence-electron chi connectivity index (χ0n) is 17.0. The van der Waals surface area contributed by atoms with Crippen LogP contribution in [0.3, 0.4) is 0 Å². The van der Waals surface area contributed by atoms with Crippen LogP contribution in [-0.2, 0) is 14.6 Å². The van der Waals surface area contributed by atoms with Crippen LogP contribution in [0.4, 0.5) is 0 Å². The Morgan fingerprint density at radius 2 is 1.17 bits per heavy atom. The van der Waals surface area contributed by atoms with Gasteiger partial charge in [-0.3, -0.25) is 4.79 Å². The SMILES string of the molecule is CCCCC(C)OOC(C)CCCC.CCCCC(CC)C(=O)O. The van der Waals surface area contributed by atoms with E-state index in [1.165, 1.54) is 25.7 Å². The fourth-order valence-electron chi connectivity index (χ4n) is 2.22. The normalized spacial score (nSPS) is 14.4. The van der Waals surface area contributed by atoms with Crippen molar-refractivity contribution in [2.24, 2.45) is 5.92 Å². The Kier molecular flexibility index (Phi) is 20.0. The summed E-state index contributed by atoms with van der Waals surface area (Å²) >= 11 is 0. The number of hydrogen-bond acceptors (Lipinski definition) is 3. The van der Waals surface area contributed by atoms with Gasteiger partial charge in [-0.05, 0) is 39.5 Å². The Balaban J connectivity index is 0. The maximum atomic E-state index is 10.4. The Hall–Kier alpha value is -0.610. The van der Waals surface area contributed by atoms with E-state index in [4.69, 9.17) is 14.9 Å². The molecule has 0 aromatic heterocycles. The second kappa shape index (κ2) is 18.7. The van der Waals surface area contributed by atoms with E-state index in [2.05, 4.69) is 34.6 Å². The van der Waals surface area contributed by atoms with Gasteiger partial charge < -0.3 is 5.11 Å². The molecule has 0 aliphatic heterocycles. The average molecular weight is 347 g/mol. The predicted molar refractivity (Wildman–Crippen MR) is 101 cm³/mol. The van der Waals surface area contributed by atoms with Crippen LogP contribution in [-0.4, -0.2) is 23.3 Å². The molecule has 3 atom stereocenters. The molecule has 0 rings (SSSR count). The van der Waals surface area contributed by atoms with Crippen molar-refractivity contribution >= 4 is 5.97 Å². The molecule has 0 fully saturated rings. The van der Waals surface area contributed by atoms with Crippen molar-refractivity contribution in [3.63, 3.8) is 0 Å². The fourth-order valence-corrected chi connectivity index (χ4v) is 2.22. The highest BCUT2D eigenvalue weighted by molar-refractivity contribution is 5.69. The first-order valence-corrected chi connectivity index (χ1v) is 9.97. The minimum atomic E-state index is -0.643. The molecular formula is C20H42O4. The van der Waals surface area contributed by atoms with Gasteiger partial charge in [0, 0.05) is 0 Å². The minimum absolute atomic E-state index is 0.111. The number of carboxylic acids is 1. The standard InChI is InChI=1S/C12H26O2.C8H16O2/c1-5-7-9-11(3)13-14-12(4)10-8-6-2;1-3-5-6-7(4-2)8(9)10/h11-12H,5-10H2,1-4H3;7H,3-6H2,1-2H3,(H,9,10).